The molecule has 7 nitrogen and oxygen atoms in total. The highest BCUT2D eigenvalue weighted by molar-refractivity contribution is 6.32. The second-order valence-electron chi connectivity index (χ2n) is 7.47. The predicted octanol–water partition coefficient (Wildman–Crippen LogP) is 3.46. The van der Waals surface area contributed by atoms with Gasteiger partial charge in [0.05, 0.1) is 23.4 Å². The van der Waals surface area contributed by atoms with Crippen molar-refractivity contribution in [2.75, 3.05) is 25.3 Å². The summed E-state index contributed by atoms with van der Waals surface area (Å²) in [5.41, 5.74) is 1.77. The van der Waals surface area contributed by atoms with Crippen molar-refractivity contribution in [1.29, 1.82) is 0 Å². The molecule has 2 aliphatic rings. The van der Waals surface area contributed by atoms with E-state index >= 15 is 0 Å². The molecule has 2 unspecified atom stereocenters. The van der Waals surface area contributed by atoms with Gasteiger partial charge in [-0.2, -0.15) is 0 Å². The van der Waals surface area contributed by atoms with E-state index in [2.05, 4.69) is 11.9 Å². The minimum absolute atomic E-state index is 0.0650. The number of aromatic carboxylic acids is 1. The van der Waals surface area contributed by atoms with Gasteiger partial charge in [0.1, 0.15) is 11.3 Å². The quantitative estimate of drug-likeness (QED) is 0.723. The minimum atomic E-state index is -1.22. The van der Waals surface area contributed by atoms with Crippen molar-refractivity contribution in [2.45, 2.75) is 38.3 Å². The summed E-state index contributed by atoms with van der Waals surface area (Å²) in [5, 5.41) is 12.0. The lowest BCUT2D eigenvalue weighted by Gasteiger charge is -2.40. The maximum atomic E-state index is 12.4. The molecule has 2 aliphatic heterocycles. The number of halogens is 1. The topological polar surface area (TPSA) is 81.0 Å². The molecule has 3 heterocycles. The van der Waals surface area contributed by atoms with Crippen molar-refractivity contribution in [3.63, 3.8) is 0 Å². The first-order valence-electron chi connectivity index (χ1n) is 9.66. The molecule has 0 spiro atoms. The molecule has 154 valence electrons. The monoisotopic (exact) mass is 418 g/mol. The van der Waals surface area contributed by atoms with E-state index in [9.17, 15) is 14.7 Å². The molecule has 2 atom stereocenters. The zero-order chi connectivity index (χ0) is 20.7. The van der Waals surface area contributed by atoms with Gasteiger partial charge in [-0.1, -0.05) is 11.6 Å². The number of ether oxygens (including phenoxy) is 2. The Morgan fingerprint density at radius 3 is 2.79 bits per heavy atom. The average molecular weight is 419 g/mol. The Balaban J connectivity index is 1.83. The number of hydrogen-bond acceptors (Lipinski definition) is 5. The second-order valence-corrected chi connectivity index (χ2v) is 7.88. The van der Waals surface area contributed by atoms with E-state index < -0.39 is 11.4 Å². The third kappa shape index (κ3) is 3.38. The first-order chi connectivity index (χ1) is 13.9. The van der Waals surface area contributed by atoms with Crippen LogP contribution >= 0.6 is 11.6 Å². The third-order valence-electron chi connectivity index (χ3n) is 5.63. The zero-order valence-electron chi connectivity index (χ0n) is 16.4. The standard InChI is InChI=1S/C21H23ClN2O5/c1-12-4-5-17-14-9-20(29-7-3-6-28-2)16(22)8-13(14)18-10-19(25)15(21(26)27)11-23(18)24(12)17/h8-12,17H,3-7H2,1-2H3,(H,26,27). The van der Waals surface area contributed by atoms with Crippen LogP contribution in [-0.4, -0.2) is 42.1 Å². The van der Waals surface area contributed by atoms with Gasteiger partial charge in [-0.3, -0.25) is 9.47 Å². The summed E-state index contributed by atoms with van der Waals surface area (Å²) in [7, 11) is 1.65. The number of aromatic nitrogens is 1. The molecule has 0 radical (unpaired) electrons. The zero-order valence-corrected chi connectivity index (χ0v) is 17.1. The van der Waals surface area contributed by atoms with Gasteiger partial charge < -0.3 is 19.6 Å². The molecule has 4 rings (SSSR count). The van der Waals surface area contributed by atoms with E-state index in [-0.39, 0.29) is 17.6 Å². The SMILES string of the molecule is COCCCOc1cc2c(cc1Cl)-c1cc(=O)c(C(=O)O)cn1N1C(C)CCC21. The molecule has 8 heteroatoms. The normalized spacial score (nSPS) is 19.5. The smallest absolute Gasteiger partial charge is 0.341 e. The van der Waals surface area contributed by atoms with Crippen LogP contribution < -0.4 is 15.2 Å². The van der Waals surface area contributed by atoms with Gasteiger partial charge in [-0.05, 0) is 37.5 Å². The number of pyridine rings is 1. The van der Waals surface area contributed by atoms with E-state index in [1.54, 1.807) is 7.11 Å². The van der Waals surface area contributed by atoms with Crippen molar-refractivity contribution in [1.82, 2.24) is 4.68 Å². The predicted molar refractivity (Wildman–Crippen MR) is 110 cm³/mol. The van der Waals surface area contributed by atoms with Crippen LogP contribution in [0, 0.1) is 0 Å². The summed E-state index contributed by atoms with van der Waals surface area (Å²) in [6.45, 7) is 3.21. The lowest BCUT2D eigenvalue weighted by molar-refractivity contribution is 0.0694. The summed E-state index contributed by atoms with van der Waals surface area (Å²) in [4.78, 5) is 23.9. The van der Waals surface area contributed by atoms with Crippen LogP contribution in [0.5, 0.6) is 5.75 Å². The van der Waals surface area contributed by atoms with Crippen LogP contribution in [0.3, 0.4) is 0 Å². The minimum Gasteiger partial charge on any atom is -0.492 e. The molecule has 1 saturated heterocycles. The second kappa shape index (κ2) is 7.72. The highest BCUT2D eigenvalue weighted by Crippen LogP contribution is 2.46. The number of carbonyl (C=O) groups is 1. The number of methoxy groups -OCH3 is 1. The molecule has 0 bridgehead atoms. The molecular weight excluding hydrogens is 396 g/mol. The van der Waals surface area contributed by atoms with Crippen LogP contribution in [-0.2, 0) is 4.74 Å². The van der Waals surface area contributed by atoms with E-state index in [4.69, 9.17) is 21.1 Å². The van der Waals surface area contributed by atoms with Crippen molar-refractivity contribution < 1.29 is 19.4 Å². The Morgan fingerprint density at radius 1 is 1.28 bits per heavy atom. The van der Waals surface area contributed by atoms with E-state index in [1.807, 2.05) is 16.8 Å². The van der Waals surface area contributed by atoms with Crippen molar-refractivity contribution in [2.24, 2.45) is 0 Å². The molecule has 0 saturated carbocycles. The van der Waals surface area contributed by atoms with Gasteiger partial charge in [0.25, 0.3) is 0 Å². The number of fused-ring (bicyclic) bond motifs is 6. The third-order valence-corrected chi connectivity index (χ3v) is 5.92. The summed E-state index contributed by atoms with van der Waals surface area (Å²) >= 11 is 6.48. The number of hydrogen-bond donors (Lipinski definition) is 1. The summed E-state index contributed by atoms with van der Waals surface area (Å²) in [5.74, 6) is -0.615. The van der Waals surface area contributed by atoms with Gasteiger partial charge in [-0.25, -0.2) is 4.79 Å². The number of benzene rings is 1. The first kappa shape index (κ1) is 19.8. The first-order valence-corrected chi connectivity index (χ1v) is 10.0. The molecule has 1 N–H and O–H groups in total. The molecular formula is C21H23ClN2O5. The molecule has 1 aromatic carbocycles. The maximum Gasteiger partial charge on any atom is 0.341 e. The Morgan fingerprint density at radius 2 is 2.07 bits per heavy atom. The van der Waals surface area contributed by atoms with Crippen molar-refractivity contribution >= 4 is 17.6 Å². The van der Waals surface area contributed by atoms with Gasteiger partial charge in [-0.15, -0.1) is 0 Å². The molecule has 2 aromatic rings. The van der Waals surface area contributed by atoms with E-state index in [1.165, 1.54) is 12.3 Å². The number of carboxylic acids is 1. The summed E-state index contributed by atoms with van der Waals surface area (Å²) < 4.78 is 12.7. The fourth-order valence-corrected chi connectivity index (χ4v) is 4.49. The number of nitrogens with zero attached hydrogens (tertiary/aromatic N) is 2. The van der Waals surface area contributed by atoms with Crippen LogP contribution in [0.25, 0.3) is 11.3 Å². The lowest BCUT2D eigenvalue weighted by atomic mass is 9.94. The molecule has 0 amide bonds. The number of rotatable bonds is 6. The highest BCUT2D eigenvalue weighted by Gasteiger charge is 2.39. The van der Waals surface area contributed by atoms with E-state index in [0.717, 1.165) is 30.4 Å². The van der Waals surface area contributed by atoms with Gasteiger partial charge >= 0.3 is 5.97 Å². The Labute approximate surface area is 173 Å². The maximum absolute atomic E-state index is 12.4. The molecule has 0 aliphatic carbocycles. The van der Waals surface area contributed by atoms with Crippen molar-refractivity contribution in [3.05, 3.63) is 50.8 Å². The summed E-state index contributed by atoms with van der Waals surface area (Å²) in [6.07, 6.45) is 4.07. The van der Waals surface area contributed by atoms with Crippen LogP contribution in [0.1, 0.15) is 48.1 Å². The van der Waals surface area contributed by atoms with Crippen molar-refractivity contribution in [3.8, 4) is 17.0 Å². The van der Waals surface area contributed by atoms with E-state index in [0.29, 0.717) is 29.7 Å². The Kier molecular flexibility index (Phi) is 5.27. The van der Waals surface area contributed by atoms with Gasteiger partial charge in [0, 0.05) is 44.0 Å². The Bertz CT molecular complexity index is 1020. The lowest BCUT2D eigenvalue weighted by Crippen LogP contribution is -2.43. The fraction of sp³-hybridized carbons (Fsp3) is 0.429. The largest absolute Gasteiger partial charge is 0.492 e. The summed E-state index contributed by atoms with van der Waals surface area (Å²) in [6, 6.07) is 5.43. The van der Waals surface area contributed by atoms with Crippen LogP contribution in [0.15, 0.2) is 29.2 Å². The highest BCUT2D eigenvalue weighted by atomic mass is 35.5. The molecule has 1 aromatic heterocycles. The van der Waals surface area contributed by atoms with Gasteiger partial charge in [0.2, 0.25) is 0 Å². The fourth-order valence-electron chi connectivity index (χ4n) is 4.27. The molecule has 1 fully saturated rings. The van der Waals surface area contributed by atoms with Crippen LogP contribution in [0.4, 0.5) is 0 Å². The van der Waals surface area contributed by atoms with Gasteiger partial charge in [0.15, 0.2) is 5.43 Å². The number of carboxylic acid groups (broad SMARTS) is 1. The Hall–Kier alpha value is -2.51. The average Bonchev–Trinajstić information content (AvgIpc) is 3.07. The van der Waals surface area contributed by atoms with Crippen LogP contribution in [0.2, 0.25) is 5.02 Å². The molecule has 29 heavy (non-hydrogen) atoms.